The average molecular weight is 470 g/mol. The smallest absolute Gasteiger partial charge is 0.251 e. The number of amides is 1. The first kappa shape index (κ1) is 24.9. The van der Waals surface area contributed by atoms with Crippen LogP contribution in [0.1, 0.15) is 37.6 Å². The summed E-state index contributed by atoms with van der Waals surface area (Å²) >= 11 is 0. The summed E-state index contributed by atoms with van der Waals surface area (Å²) in [5, 5.41) is 3.00. The number of hydrogen-bond donors (Lipinski definition) is 2. The number of sulfonamides is 1. The monoisotopic (exact) mass is 469 g/mol. The summed E-state index contributed by atoms with van der Waals surface area (Å²) in [6, 6.07) is 4.60. The first-order chi connectivity index (χ1) is 15.1. The number of carbonyl (C=O) groups is 1. The molecule has 2 N–H and O–H groups in total. The number of ether oxygens (including phenoxy) is 3. The van der Waals surface area contributed by atoms with E-state index in [9.17, 15) is 13.2 Å². The van der Waals surface area contributed by atoms with Gasteiger partial charge in [-0.15, -0.1) is 0 Å². The van der Waals surface area contributed by atoms with Crippen LogP contribution in [0.4, 0.5) is 0 Å². The number of nitrogens with one attached hydrogen (secondary N) is 2. The zero-order valence-corrected chi connectivity index (χ0v) is 20.2. The summed E-state index contributed by atoms with van der Waals surface area (Å²) in [6.07, 6.45) is 0.960. The Morgan fingerprint density at radius 2 is 1.94 bits per heavy atom. The largest absolute Gasteiger partial charge is 0.495 e. The maximum Gasteiger partial charge on any atom is 0.251 e. The van der Waals surface area contributed by atoms with E-state index in [1.165, 1.54) is 19.2 Å². The maximum absolute atomic E-state index is 13.0. The summed E-state index contributed by atoms with van der Waals surface area (Å²) in [4.78, 5) is 15.3. The minimum absolute atomic E-state index is 0.0588. The number of nitrogens with zero attached hydrogens (tertiary/aromatic N) is 1. The quantitative estimate of drug-likeness (QED) is 0.590. The van der Waals surface area contributed by atoms with Crippen molar-refractivity contribution in [3.63, 3.8) is 0 Å². The van der Waals surface area contributed by atoms with E-state index in [0.29, 0.717) is 32.3 Å². The molecule has 32 heavy (non-hydrogen) atoms. The second kappa shape index (κ2) is 10.5. The number of benzene rings is 1. The van der Waals surface area contributed by atoms with Gasteiger partial charge in [-0.05, 0) is 45.4 Å². The number of carbonyl (C=O) groups excluding carboxylic acids is 1. The van der Waals surface area contributed by atoms with Gasteiger partial charge in [-0.2, -0.15) is 0 Å². The highest BCUT2D eigenvalue weighted by molar-refractivity contribution is 7.89. The molecule has 10 heteroatoms. The Kier molecular flexibility index (Phi) is 8.16. The molecule has 2 aliphatic heterocycles. The third kappa shape index (κ3) is 6.41. The summed E-state index contributed by atoms with van der Waals surface area (Å²) in [5.41, 5.74) is -0.403. The van der Waals surface area contributed by atoms with Gasteiger partial charge in [0.25, 0.3) is 5.91 Å². The molecule has 1 aromatic carbocycles. The molecule has 3 rings (SSSR count). The minimum Gasteiger partial charge on any atom is -0.495 e. The van der Waals surface area contributed by atoms with Gasteiger partial charge in [0.1, 0.15) is 10.6 Å². The summed E-state index contributed by atoms with van der Waals surface area (Å²) in [5.74, 6) is 0.209. The van der Waals surface area contributed by atoms with Crippen molar-refractivity contribution in [2.24, 2.45) is 5.92 Å². The van der Waals surface area contributed by atoms with Crippen molar-refractivity contribution in [3.05, 3.63) is 23.8 Å². The summed E-state index contributed by atoms with van der Waals surface area (Å²) in [6.45, 7) is 10.1. The molecular weight excluding hydrogens is 434 g/mol. The van der Waals surface area contributed by atoms with E-state index in [-0.39, 0.29) is 28.2 Å². The van der Waals surface area contributed by atoms with Crippen LogP contribution in [0.5, 0.6) is 5.75 Å². The molecule has 0 aromatic heterocycles. The predicted octanol–water partition coefficient (Wildman–Crippen LogP) is 1.24. The van der Waals surface area contributed by atoms with Crippen molar-refractivity contribution >= 4 is 15.9 Å². The summed E-state index contributed by atoms with van der Waals surface area (Å²) < 4.78 is 44.7. The lowest BCUT2D eigenvalue weighted by atomic mass is 9.96. The van der Waals surface area contributed by atoms with Crippen molar-refractivity contribution < 1.29 is 27.4 Å². The molecule has 0 spiro atoms. The minimum atomic E-state index is -3.87. The third-order valence-electron chi connectivity index (χ3n) is 5.65. The SMILES string of the molecule is COc1ccc(C(=O)NCC(C2CCOC2)N2CCOCC2)cc1S(=O)(=O)NC(C)(C)C. The number of morpholine rings is 1. The predicted molar refractivity (Wildman–Crippen MR) is 121 cm³/mol. The molecule has 2 saturated heterocycles. The molecule has 0 saturated carbocycles. The van der Waals surface area contributed by atoms with E-state index in [4.69, 9.17) is 14.2 Å². The number of rotatable bonds is 8. The van der Waals surface area contributed by atoms with Crippen LogP contribution in [0.15, 0.2) is 23.1 Å². The van der Waals surface area contributed by atoms with Crippen LogP contribution < -0.4 is 14.8 Å². The molecule has 9 nitrogen and oxygen atoms in total. The van der Waals surface area contributed by atoms with E-state index < -0.39 is 15.6 Å². The van der Waals surface area contributed by atoms with Crippen molar-refractivity contribution in [1.29, 1.82) is 0 Å². The van der Waals surface area contributed by atoms with Gasteiger partial charge in [-0.1, -0.05) is 0 Å². The normalized spacial score (nSPS) is 21.3. The molecule has 1 aromatic rings. The lowest BCUT2D eigenvalue weighted by Gasteiger charge is -2.37. The first-order valence-electron chi connectivity index (χ1n) is 11.0. The van der Waals surface area contributed by atoms with E-state index in [2.05, 4.69) is 14.9 Å². The lowest BCUT2D eigenvalue weighted by Crippen LogP contribution is -2.52. The van der Waals surface area contributed by atoms with Gasteiger partial charge >= 0.3 is 0 Å². The van der Waals surface area contributed by atoms with E-state index in [1.54, 1.807) is 26.8 Å². The summed E-state index contributed by atoms with van der Waals surface area (Å²) in [7, 11) is -2.47. The molecule has 2 fully saturated rings. The molecule has 1 amide bonds. The van der Waals surface area contributed by atoms with Crippen LogP contribution in [0.3, 0.4) is 0 Å². The van der Waals surface area contributed by atoms with Gasteiger partial charge in [0, 0.05) is 49.3 Å². The Morgan fingerprint density at radius 1 is 1.22 bits per heavy atom. The molecule has 2 unspecified atom stereocenters. The van der Waals surface area contributed by atoms with Gasteiger partial charge in [-0.25, -0.2) is 13.1 Å². The van der Waals surface area contributed by atoms with Gasteiger partial charge in [0.05, 0.1) is 26.9 Å². The van der Waals surface area contributed by atoms with Crippen molar-refractivity contribution in [1.82, 2.24) is 14.9 Å². The second-order valence-electron chi connectivity index (χ2n) is 9.27. The zero-order valence-electron chi connectivity index (χ0n) is 19.3. The fraction of sp³-hybridized carbons (Fsp3) is 0.682. The van der Waals surface area contributed by atoms with Crippen LogP contribution in [-0.2, 0) is 19.5 Å². The molecule has 0 aliphatic carbocycles. The second-order valence-corrected chi connectivity index (χ2v) is 10.9. The average Bonchev–Trinajstić information content (AvgIpc) is 3.27. The Morgan fingerprint density at radius 3 is 2.53 bits per heavy atom. The van der Waals surface area contributed by atoms with E-state index in [1.807, 2.05) is 0 Å². The highest BCUT2D eigenvalue weighted by Crippen LogP contribution is 2.26. The maximum atomic E-state index is 13.0. The Hall–Kier alpha value is -1.72. The molecule has 2 heterocycles. The molecule has 2 atom stereocenters. The van der Waals surface area contributed by atoms with Gasteiger partial charge in [0.2, 0.25) is 10.0 Å². The van der Waals surface area contributed by atoms with Gasteiger partial charge < -0.3 is 19.5 Å². The lowest BCUT2D eigenvalue weighted by molar-refractivity contribution is 0.00166. The zero-order chi connectivity index (χ0) is 23.4. The Bertz CT molecular complexity index is 887. The van der Waals surface area contributed by atoms with E-state index >= 15 is 0 Å². The van der Waals surface area contributed by atoms with Crippen LogP contribution in [0.25, 0.3) is 0 Å². The standard InChI is InChI=1S/C22H35N3O6S/c1-22(2,3)24-32(27,28)20-13-16(5-6-19(20)29-4)21(26)23-14-18(17-7-10-31-15-17)25-8-11-30-12-9-25/h5-6,13,17-18,24H,7-12,14-15H2,1-4H3,(H,23,26). The molecule has 0 bridgehead atoms. The number of methoxy groups -OCH3 is 1. The molecule has 2 aliphatic rings. The van der Waals surface area contributed by atoms with Crippen LogP contribution >= 0.6 is 0 Å². The van der Waals surface area contributed by atoms with Crippen LogP contribution in [0, 0.1) is 5.92 Å². The van der Waals surface area contributed by atoms with Crippen molar-refractivity contribution in [2.45, 2.75) is 43.7 Å². The first-order valence-corrected chi connectivity index (χ1v) is 12.5. The third-order valence-corrected chi connectivity index (χ3v) is 7.43. The Balaban J connectivity index is 1.76. The molecular formula is C22H35N3O6S. The van der Waals surface area contributed by atoms with Crippen molar-refractivity contribution in [3.8, 4) is 5.75 Å². The van der Waals surface area contributed by atoms with Crippen LogP contribution in [0.2, 0.25) is 0 Å². The topological polar surface area (TPSA) is 106 Å². The molecule has 180 valence electrons. The van der Waals surface area contributed by atoms with Crippen molar-refractivity contribution in [2.75, 3.05) is 53.2 Å². The molecule has 0 radical (unpaired) electrons. The van der Waals surface area contributed by atoms with Crippen LogP contribution in [-0.4, -0.2) is 84.0 Å². The number of hydrogen-bond acceptors (Lipinski definition) is 7. The van der Waals surface area contributed by atoms with Gasteiger partial charge in [-0.3, -0.25) is 9.69 Å². The fourth-order valence-corrected chi connectivity index (χ4v) is 5.76. The Labute approximate surface area is 190 Å². The van der Waals surface area contributed by atoms with E-state index in [0.717, 1.165) is 26.1 Å². The van der Waals surface area contributed by atoms with Gasteiger partial charge in [0.15, 0.2) is 0 Å². The highest BCUT2D eigenvalue weighted by atomic mass is 32.2. The fourth-order valence-electron chi connectivity index (χ4n) is 4.14. The highest BCUT2D eigenvalue weighted by Gasteiger charge is 2.32.